The molecular weight excluding hydrogens is 485 g/mol. The highest BCUT2D eigenvalue weighted by Crippen LogP contribution is 2.47. The Morgan fingerprint density at radius 3 is 1.53 bits per heavy atom. The van der Waals surface area contributed by atoms with Crippen LogP contribution in [0.4, 0.5) is 0 Å². The number of hydrogen-bond acceptors (Lipinski definition) is 2. The summed E-state index contributed by atoms with van der Waals surface area (Å²) < 4.78 is 5.51. The summed E-state index contributed by atoms with van der Waals surface area (Å²) in [5.74, 6) is 7.25. The van der Waals surface area contributed by atoms with Crippen LogP contribution in [-0.4, -0.2) is 26.8 Å². The first-order chi connectivity index (χ1) is 16.1. The Morgan fingerprint density at radius 1 is 0.647 bits per heavy atom. The maximum atomic E-state index is 3.64. The van der Waals surface area contributed by atoms with Gasteiger partial charge in [-0.25, -0.2) is 0 Å². The van der Waals surface area contributed by atoms with Crippen LogP contribution in [0.5, 0.6) is 0 Å². The van der Waals surface area contributed by atoms with E-state index in [2.05, 4.69) is 110 Å². The largest absolute Gasteiger partial charge is 0.186 e. The summed E-state index contributed by atoms with van der Waals surface area (Å²) in [5, 5.41) is 3.58. The fourth-order valence-corrected chi connectivity index (χ4v) is 8.43. The predicted molar refractivity (Wildman–Crippen MR) is 159 cm³/mol. The number of hydrogen-bond donors (Lipinski definition) is 0. The molecule has 4 aromatic rings. The fourth-order valence-electron chi connectivity index (χ4n) is 4.56. The third-order valence-electron chi connectivity index (χ3n) is 5.95. The molecule has 0 saturated carbocycles. The van der Waals surface area contributed by atoms with Gasteiger partial charge in [0.1, 0.15) is 8.07 Å². The van der Waals surface area contributed by atoms with E-state index in [-0.39, 0.29) is 0 Å². The molecule has 0 fully saturated rings. The molecule has 2 aromatic heterocycles. The van der Waals surface area contributed by atoms with Crippen LogP contribution in [-0.2, 0) is 0 Å². The van der Waals surface area contributed by atoms with E-state index in [0.717, 1.165) is 0 Å². The zero-order valence-electron chi connectivity index (χ0n) is 20.3. The molecule has 0 amide bonds. The van der Waals surface area contributed by atoms with Crippen molar-refractivity contribution in [2.75, 3.05) is 18.8 Å². The topological polar surface area (TPSA) is 0 Å². The van der Waals surface area contributed by atoms with Gasteiger partial charge >= 0.3 is 0 Å². The minimum absolute atomic E-state index is 0.899. The Hall–Kier alpha value is -2.47. The molecular formula is C30H26S3Si. The summed E-state index contributed by atoms with van der Waals surface area (Å²) in [7, 11) is -2.38. The van der Waals surface area contributed by atoms with Crippen molar-refractivity contribution in [3.05, 3.63) is 68.7 Å². The van der Waals surface area contributed by atoms with Crippen LogP contribution in [0.1, 0.15) is 11.1 Å². The fraction of sp³-hybridized carbons (Fsp3) is 0.200. The average Bonchev–Trinajstić information content (AvgIpc) is 3.45. The molecule has 0 N–H and O–H groups in total. The number of fused-ring (bicyclic) bond motifs is 9. The number of benzene rings is 2. The molecule has 2 aliphatic carbocycles. The van der Waals surface area contributed by atoms with Crippen LogP contribution < -0.4 is 9.06 Å². The van der Waals surface area contributed by atoms with E-state index < -0.39 is 18.1 Å². The van der Waals surface area contributed by atoms with E-state index in [0.29, 0.717) is 0 Å². The van der Waals surface area contributed by atoms with E-state index >= 15 is 0 Å². The van der Waals surface area contributed by atoms with Gasteiger partial charge in [0.15, 0.2) is 0 Å². The Morgan fingerprint density at radius 2 is 1.09 bits per heavy atom. The lowest BCUT2D eigenvalue weighted by molar-refractivity contribution is 1.66. The van der Waals surface area contributed by atoms with Crippen molar-refractivity contribution in [2.24, 2.45) is 0 Å². The van der Waals surface area contributed by atoms with Gasteiger partial charge in [0.05, 0.1) is 24.0 Å². The second-order valence-electron chi connectivity index (χ2n) is 10.7. The highest BCUT2D eigenvalue weighted by atomic mass is 32.3. The highest BCUT2D eigenvalue weighted by Gasteiger charge is 2.30. The van der Waals surface area contributed by atoms with E-state index in [4.69, 9.17) is 0 Å². The first-order valence-electron chi connectivity index (χ1n) is 11.4. The van der Waals surface area contributed by atoms with Crippen molar-refractivity contribution in [3.63, 3.8) is 0 Å². The Bertz CT molecular complexity index is 1640. The zero-order chi connectivity index (χ0) is 23.8. The van der Waals surface area contributed by atoms with Crippen LogP contribution >= 0.6 is 32.7 Å². The summed E-state index contributed by atoms with van der Waals surface area (Å²) in [5.41, 5.74) is 14.1. The summed E-state index contributed by atoms with van der Waals surface area (Å²) in [6.45, 7) is 6.95. The normalized spacial score (nSPS) is 14.1. The van der Waals surface area contributed by atoms with Crippen molar-refractivity contribution in [1.29, 1.82) is 0 Å². The van der Waals surface area contributed by atoms with E-state index in [1.54, 1.807) is 0 Å². The standard InChI is InChI=1S/C30H26S3Si/c1-33(2,3)17-15-23-19-11-7-9-13-21(19)25-27(23)31-30-26-22-14-10-8-12-20(22)24(16-18-34(4,5)6)28(26)32-29(25)30/h7-14H,1-6H3. The van der Waals surface area contributed by atoms with Crippen LogP contribution in [0.25, 0.3) is 42.8 Å². The molecule has 0 saturated heterocycles. The molecule has 0 radical (unpaired) electrons. The number of thiophene rings is 2. The van der Waals surface area contributed by atoms with Crippen molar-refractivity contribution in [2.45, 2.75) is 19.6 Å². The lowest BCUT2D eigenvalue weighted by Gasteiger charge is -2.15. The molecule has 0 nitrogen and oxygen atoms in total. The summed E-state index contributed by atoms with van der Waals surface area (Å²) in [6, 6.07) is 17.6. The van der Waals surface area contributed by atoms with Crippen molar-refractivity contribution in [3.8, 4) is 44.9 Å². The second-order valence-corrected chi connectivity index (χ2v) is 21.3. The van der Waals surface area contributed by atoms with E-state index in [1.807, 2.05) is 22.7 Å². The van der Waals surface area contributed by atoms with Gasteiger partial charge in [-0.15, -0.1) is 28.2 Å². The molecule has 0 aliphatic heterocycles. The van der Waals surface area contributed by atoms with Crippen LogP contribution in [0, 0.1) is 22.6 Å². The predicted octanol–water partition coefficient (Wildman–Crippen LogP) is 6.86. The summed E-state index contributed by atoms with van der Waals surface area (Å²) in [4.78, 5) is 0. The first kappa shape index (κ1) is 22.0. The molecule has 0 spiro atoms. The first-order valence-corrected chi connectivity index (χ1v) is 19.4. The van der Waals surface area contributed by atoms with Crippen LogP contribution in [0.15, 0.2) is 48.5 Å². The van der Waals surface area contributed by atoms with Crippen LogP contribution in [0.3, 0.4) is 0 Å². The molecule has 6 rings (SSSR count). The molecule has 4 heteroatoms. The monoisotopic (exact) mass is 510 g/mol. The molecule has 168 valence electrons. The number of rotatable bonds is 0. The molecule has 2 heterocycles. The van der Waals surface area contributed by atoms with Crippen molar-refractivity contribution >= 4 is 61.3 Å². The lowest BCUT2D eigenvalue weighted by atomic mass is 10.0. The van der Waals surface area contributed by atoms with Crippen LogP contribution in [0.2, 0.25) is 19.6 Å². The van der Waals surface area contributed by atoms with Gasteiger partial charge in [-0.05, 0) is 46.3 Å². The van der Waals surface area contributed by atoms with Gasteiger partial charge in [0.2, 0.25) is 0 Å². The van der Waals surface area contributed by atoms with Gasteiger partial charge in [-0.1, -0.05) is 80.0 Å². The Balaban J connectivity index is 1.72. The quantitative estimate of drug-likeness (QED) is 0.179. The molecule has 0 bridgehead atoms. The zero-order valence-corrected chi connectivity index (χ0v) is 23.8. The molecule has 2 aliphatic rings. The summed E-state index contributed by atoms with van der Waals surface area (Å²) in [6.07, 6.45) is 6.79. The van der Waals surface area contributed by atoms with Crippen molar-refractivity contribution in [1.82, 2.24) is 0 Å². The maximum Gasteiger partial charge on any atom is 0.129 e. The average molecular weight is 511 g/mol. The Kier molecular flexibility index (Phi) is 4.86. The molecule has 0 unspecified atom stereocenters. The van der Waals surface area contributed by atoms with Gasteiger partial charge in [0.25, 0.3) is 0 Å². The third kappa shape index (κ3) is 3.44. The highest BCUT2D eigenvalue weighted by molar-refractivity contribution is 8.36. The van der Waals surface area contributed by atoms with Gasteiger partial charge in [-0.2, -0.15) is 10.0 Å². The molecule has 2 aromatic carbocycles. The van der Waals surface area contributed by atoms with E-state index in [9.17, 15) is 0 Å². The minimum atomic E-state index is -1.48. The maximum absolute atomic E-state index is 3.64. The minimum Gasteiger partial charge on any atom is -0.186 e. The SMILES string of the molecule is C[Si](C)(C)C#CC1=c2sc3c4c(sc3c2-c2ccccc21)=C(C#CS(C)(C)C)c1ccccc1-4. The van der Waals surface area contributed by atoms with Gasteiger partial charge < -0.3 is 0 Å². The van der Waals surface area contributed by atoms with Gasteiger partial charge in [0, 0.05) is 16.7 Å². The summed E-state index contributed by atoms with van der Waals surface area (Å²) >= 11 is 3.86. The smallest absolute Gasteiger partial charge is 0.129 e. The van der Waals surface area contributed by atoms with E-state index in [1.165, 1.54) is 63.0 Å². The van der Waals surface area contributed by atoms with Crippen molar-refractivity contribution < 1.29 is 0 Å². The second kappa shape index (κ2) is 7.51. The van der Waals surface area contributed by atoms with Gasteiger partial charge in [-0.3, -0.25) is 0 Å². The molecule has 34 heavy (non-hydrogen) atoms. The molecule has 0 atom stereocenters. The third-order valence-corrected chi connectivity index (χ3v) is 10.1. The lowest BCUT2D eigenvalue weighted by Crippen LogP contribution is -2.16. The Labute approximate surface area is 212 Å².